The van der Waals surface area contributed by atoms with Gasteiger partial charge in [0.15, 0.2) is 5.96 Å². The van der Waals surface area contributed by atoms with E-state index in [1.165, 1.54) is 17.2 Å². The Labute approximate surface area is 178 Å². The second kappa shape index (κ2) is 10.7. The van der Waals surface area contributed by atoms with E-state index in [0.29, 0.717) is 12.6 Å². The van der Waals surface area contributed by atoms with Crippen molar-refractivity contribution in [1.82, 2.24) is 15.5 Å². The van der Waals surface area contributed by atoms with Gasteiger partial charge in [-0.2, -0.15) is 0 Å². The number of guanidine groups is 1. The molecule has 2 aromatic rings. The number of nitro groups is 1. The van der Waals surface area contributed by atoms with Crippen molar-refractivity contribution >= 4 is 11.6 Å². The van der Waals surface area contributed by atoms with Crippen LogP contribution in [0.25, 0.3) is 0 Å². The summed E-state index contributed by atoms with van der Waals surface area (Å²) in [7, 11) is 0. The molecule has 1 aliphatic rings. The summed E-state index contributed by atoms with van der Waals surface area (Å²) in [6.07, 6.45) is 2.13. The summed E-state index contributed by atoms with van der Waals surface area (Å²) < 4.78 is 0. The molecule has 1 aliphatic heterocycles. The van der Waals surface area contributed by atoms with Crippen LogP contribution in [0.5, 0.6) is 0 Å². The first kappa shape index (κ1) is 21.8. The highest BCUT2D eigenvalue weighted by Gasteiger charge is 2.20. The second-order valence-electron chi connectivity index (χ2n) is 7.74. The second-order valence-corrected chi connectivity index (χ2v) is 7.74. The molecule has 0 amide bonds. The number of likely N-dealkylation sites (tertiary alicyclic amines) is 1. The Morgan fingerprint density at radius 3 is 2.67 bits per heavy atom. The van der Waals surface area contributed by atoms with Crippen molar-refractivity contribution in [2.75, 3.05) is 19.6 Å². The van der Waals surface area contributed by atoms with E-state index in [0.717, 1.165) is 50.5 Å². The van der Waals surface area contributed by atoms with E-state index in [9.17, 15) is 10.1 Å². The number of piperidine rings is 1. The normalized spacial score (nSPS) is 15.7. The highest BCUT2D eigenvalue weighted by Crippen LogP contribution is 2.17. The van der Waals surface area contributed by atoms with Gasteiger partial charge in [0, 0.05) is 44.4 Å². The molecule has 2 aromatic carbocycles. The number of aliphatic imine (C=N–C) groups is 1. The molecule has 0 bridgehead atoms. The van der Waals surface area contributed by atoms with Crippen LogP contribution >= 0.6 is 0 Å². The van der Waals surface area contributed by atoms with Gasteiger partial charge in [0.1, 0.15) is 0 Å². The van der Waals surface area contributed by atoms with E-state index < -0.39 is 0 Å². The van der Waals surface area contributed by atoms with Crippen molar-refractivity contribution < 1.29 is 4.92 Å². The van der Waals surface area contributed by atoms with E-state index >= 15 is 0 Å². The fourth-order valence-electron chi connectivity index (χ4n) is 3.72. The minimum atomic E-state index is -0.374. The fraction of sp³-hybridized carbons (Fsp3) is 0.435. The number of rotatable bonds is 7. The van der Waals surface area contributed by atoms with Gasteiger partial charge in [0.05, 0.1) is 11.5 Å². The number of nitrogens with one attached hydrogen (secondary N) is 2. The molecule has 0 aromatic heterocycles. The van der Waals surface area contributed by atoms with Crippen molar-refractivity contribution in [2.24, 2.45) is 4.99 Å². The largest absolute Gasteiger partial charge is 0.357 e. The number of hydrogen-bond acceptors (Lipinski definition) is 4. The Morgan fingerprint density at radius 1 is 1.20 bits per heavy atom. The zero-order chi connectivity index (χ0) is 21.3. The van der Waals surface area contributed by atoms with Crippen LogP contribution in [0, 0.1) is 17.0 Å². The molecule has 3 rings (SSSR count). The molecule has 1 fully saturated rings. The first-order valence-corrected chi connectivity index (χ1v) is 10.6. The summed E-state index contributed by atoms with van der Waals surface area (Å²) in [4.78, 5) is 17.7. The van der Waals surface area contributed by atoms with Gasteiger partial charge in [-0.15, -0.1) is 0 Å². The summed E-state index contributed by atoms with van der Waals surface area (Å²) in [5, 5.41) is 17.8. The molecular weight excluding hydrogens is 378 g/mol. The maximum absolute atomic E-state index is 11.0. The molecule has 0 radical (unpaired) electrons. The Bertz CT molecular complexity index is 875. The fourth-order valence-corrected chi connectivity index (χ4v) is 3.72. The first-order chi connectivity index (χ1) is 14.5. The molecule has 2 N–H and O–H groups in total. The molecule has 0 spiro atoms. The molecule has 0 aliphatic carbocycles. The van der Waals surface area contributed by atoms with Crippen molar-refractivity contribution in [3.63, 3.8) is 0 Å². The predicted octanol–water partition coefficient (Wildman–Crippen LogP) is 3.62. The summed E-state index contributed by atoms with van der Waals surface area (Å²) in [5.41, 5.74) is 3.67. The van der Waals surface area contributed by atoms with Gasteiger partial charge in [0.25, 0.3) is 5.69 Å². The van der Waals surface area contributed by atoms with Crippen LogP contribution in [-0.4, -0.2) is 41.5 Å². The van der Waals surface area contributed by atoms with Gasteiger partial charge in [-0.3, -0.25) is 15.0 Å². The lowest BCUT2D eigenvalue weighted by atomic mass is 10.0. The average Bonchev–Trinajstić information content (AvgIpc) is 2.75. The molecule has 0 unspecified atom stereocenters. The zero-order valence-corrected chi connectivity index (χ0v) is 17.8. The number of hydrogen-bond donors (Lipinski definition) is 2. The topological polar surface area (TPSA) is 82.8 Å². The third-order valence-electron chi connectivity index (χ3n) is 5.47. The van der Waals surface area contributed by atoms with Crippen LogP contribution < -0.4 is 10.6 Å². The Morgan fingerprint density at radius 2 is 1.97 bits per heavy atom. The summed E-state index contributed by atoms with van der Waals surface area (Å²) in [5.74, 6) is 0.765. The summed E-state index contributed by atoms with van der Waals surface area (Å²) in [6, 6.07) is 15.6. The van der Waals surface area contributed by atoms with Crippen LogP contribution in [-0.2, 0) is 13.1 Å². The minimum Gasteiger partial charge on any atom is -0.357 e. The first-order valence-electron chi connectivity index (χ1n) is 10.6. The molecule has 160 valence electrons. The van der Waals surface area contributed by atoms with Crippen LogP contribution in [0.1, 0.15) is 36.5 Å². The molecule has 1 saturated heterocycles. The number of non-ortho nitro benzene ring substituents is 1. The molecule has 7 nitrogen and oxygen atoms in total. The van der Waals surface area contributed by atoms with E-state index in [-0.39, 0.29) is 10.6 Å². The lowest BCUT2D eigenvalue weighted by molar-refractivity contribution is -0.384. The minimum absolute atomic E-state index is 0.0988. The Balaban J connectivity index is 1.53. The molecule has 0 atom stereocenters. The van der Waals surface area contributed by atoms with E-state index in [1.807, 2.05) is 13.0 Å². The van der Waals surface area contributed by atoms with E-state index in [2.05, 4.69) is 51.7 Å². The van der Waals surface area contributed by atoms with Gasteiger partial charge in [0.2, 0.25) is 0 Å². The zero-order valence-electron chi connectivity index (χ0n) is 17.8. The summed E-state index contributed by atoms with van der Waals surface area (Å²) >= 11 is 0. The number of benzene rings is 2. The smallest absolute Gasteiger partial charge is 0.269 e. The average molecular weight is 410 g/mol. The Kier molecular flexibility index (Phi) is 7.79. The van der Waals surface area contributed by atoms with Crippen molar-refractivity contribution in [3.8, 4) is 0 Å². The standard InChI is InChI=1S/C23H31N5O2/c1-3-24-23(25-16-19-8-6-10-22(15-19)28(29)30)26-21-11-13-27(14-12-21)17-20-9-5-4-7-18(20)2/h4-10,15,21H,3,11-14,16-17H2,1-2H3,(H2,24,25,26). The monoisotopic (exact) mass is 409 g/mol. The summed E-state index contributed by atoms with van der Waals surface area (Å²) in [6.45, 7) is 8.49. The molecule has 30 heavy (non-hydrogen) atoms. The highest BCUT2D eigenvalue weighted by atomic mass is 16.6. The quantitative estimate of drug-likeness (QED) is 0.316. The van der Waals surface area contributed by atoms with Crippen molar-refractivity contribution in [3.05, 3.63) is 75.3 Å². The number of nitrogens with zero attached hydrogens (tertiary/aromatic N) is 3. The predicted molar refractivity (Wildman–Crippen MR) is 121 cm³/mol. The van der Waals surface area contributed by atoms with Crippen LogP contribution in [0.2, 0.25) is 0 Å². The van der Waals surface area contributed by atoms with Gasteiger partial charge in [-0.25, -0.2) is 4.99 Å². The van der Waals surface area contributed by atoms with Crippen LogP contribution in [0.15, 0.2) is 53.5 Å². The van der Waals surface area contributed by atoms with Crippen LogP contribution in [0.4, 0.5) is 5.69 Å². The third kappa shape index (κ3) is 6.29. The van der Waals surface area contributed by atoms with Gasteiger partial charge >= 0.3 is 0 Å². The van der Waals surface area contributed by atoms with Gasteiger partial charge < -0.3 is 10.6 Å². The number of aryl methyl sites for hydroxylation is 1. The van der Waals surface area contributed by atoms with Crippen molar-refractivity contribution in [1.29, 1.82) is 0 Å². The number of nitro benzene ring substituents is 1. The Hall–Kier alpha value is -2.93. The molecule has 0 saturated carbocycles. The third-order valence-corrected chi connectivity index (χ3v) is 5.47. The van der Waals surface area contributed by atoms with E-state index in [1.54, 1.807) is 12.1 Å². The molecular formula is C23H31N5O2. The SMILES string of the molecule is CCNC(=NCc1cccc([N+](=O)[O-])c1)NC1CCN(Cc2ccccc2C)CC1. The lowest BCUT2D eigenvalue weighted by Gasteiger charge is -2.33. The maximum atomic E-state index is 11.0. The van der Waals surface area contributed by atoms with Crippen molar-refractivity contribution in [2.45, 2.75) is 45.8 Å². The van der Waals surface area contributed by atoms with Crippen LogP contribution in [0.3, 0.4) is 0 Å². The maximum Gasteiger partial charge on any atom is 0.269 e. The van der Waals surface area contributed by atoms with E-state index in [4.69, 9.17) is 0 Å². The van der Waals surface area contributed by atoms with Gasteiger partial charge in [-0.05, 0) is 43.4 Å². The van der Waals surface area contributed by atoms with Gasteiger partial charge in [-0.1, -0.05) is 36.4 Å². The molecule has 1 heterocycles. The lowest BCUT2D eigenvalue weighted by Crippen LogP contribution is -2.48. The molecule has 7 heteroatoms. The highest BCUT2D eigenvalue weighted by molar-refractivity contribution is 5.80.